The lowest BCUT2D eigenvalue weighted by atomic mass is 10.1. The van der Waals surface area contributed by atoms with Crippen molar-refractivity contribution in [2.45, 2.75) is 25.9 Å². The third-order valence-electron chi connectivity index (χ3n) is 4.97. The maximum absolute atomic E-state index is 12.5. The predicted octanol–water partition coefficient (Wildman–Crippen LogP) is 2.11. The Morgan fingerprint density at radius 2 is 1.72 bits per heavy atom. The van der Waals surface area contributed by atoms with Crippen LogP contribution >= 0.6 is 0 Å². The Morgan fingerprint density at radius 1 is 0.969 bits per heavy atom. The van der Waals surface area contributed by atoms with Crippen molar-refractivity contribution in [2.75, 3.05) is 10.2 Å². The molecule has 0 aliphatic carbocycles. The summed E-state index contributed by atoms with van der Waals surface area (Å²) in [4.78, 5) is 49.4. The molecule has 0 spiro atoms. The van der Waals surface area contributed by atoms with Gasteiger partial charge in [0.2, 0.25) is 17.7 Å². The van der Waals surface area contributed by atoms with Crippen LogP contribution in [-0.4, -0.2) is 33.4 Å². The first-order chi connectivity index (χ1) is 15.5. The Hall–Kier alpha value is -4.27. The van der Waals surface area contributed by atoms with Gasteiger partial charge in [0.15, 0.2) is 0 Å². The van der Waals surface area contributed by atoms with Crippen LogP contribution in [0.3, 0.4) is 0 Å². The van der Waals surface area contributed by atoms with E-state index in [4.69, 9.17) is 0 Å². The third-order valence-corrected chi connectivity index (χ3v) is 4.97. The highest BCUT2D eigenvalue weighted by molar-refractivity contribution is 6.19. The van der Waals surface area contributed by atoms with Crippen LogP contribution in [0.25, 0.3) is 0 Å². The number of anilines is 2. The molecule has 32 heavy (non-hydrogen) atoms. The summed E-state index contributed by atoms with van der Waals surface area (Å²) < 4.78 is 1.53. The van der Waals surface area contributed by atoms with Crippen molar-refractivity contribution >= 4 is 35.0 Å². The number of rotatable bonds is 7. The number of aromatic nitrogens is 2. The number of hydrogen-bond donors (Lipinski definition) is 2. The van der Waals surface area contributed by atoms with Gasteiger partial charge in [-0.3, -0.25) is 28.8 Å². The van der Waals surface area contributed by atoms with E-state index in [2.05, 4.69) is 15.7 Å². The summed E-state index contributed by atoms with van der Waals surface area (Å²) in [5.74, 6) is -0.957. The van der Waals surface area contributed by atoms with E-state index in [1.807, 2.05) is 6.07 Å². The number of amides is 4. The van der Waals surface area contributed by atoms with Crippen LogP contribution in [0.15, 0.2) is 67.0 Å². The molecule has 1 aliphatic heterocycles. The molecule has 3 aromatic rings. The van der Waals surface area contributed by atoms with Crippen LogP contribution in [0, 0.1) is 0 Å². The lowest BCUT2D eigenvalue weighted by Crippen LogP contribution is -2.28. The van der Waals surface area contributed by atoms with Gasteiger partial charge < -0.3 is 10.6 Å². The van der Waals surface area contributed by atoms with Gasteiger partial charge in [-0.05, 0) is 48.0 Å². The number of imide groups is 1. The van der Waals surface area contributed by atoms with E-state index >= 15 is 0 Å². The average molecular weight is 431 g/mol. The molecule has 1 aromatic heterocycles. The molecule has 0 radical (unpaired) electrons. The third kappa shape index (κ3) is 4.89. The average Bonchev–Trinajstić information content (AvgIpc) is 3.41. The zero-order valence-electron chi connectivity index (χ0n) is 17.2. The van der Waals surface area contributed by atoms with Gasteiger partial charge in [-0.15, -0.1) is 0 Å². The van der Waals surface area contributed by atoms with Crippen molar-refractivity contribution in [3.8, 4) is 0 Å². The van der Waals surface area contributed by atoms with Gasteiger partial charge in [-0.1, -0.05) is 12.1 Å². The van der Waals surface area contributed by atoms with Gasteiger partial charge in [0.25, 0.3) is 5.91 Å². The fourth-order valence-electron chi connectivity index (χ4n) is 3.41. The summed E-state index contributed by atoms with van der Waals surface area (Å²) in [6.07, 6.45) is 3.74. The molecule has 0 atom stereocenters. The highest BCUT2D eigenvalue weighted by Crippen LogP contribution is 2.22. The molecular formula is C23H21N5O4. The topological polar surface area (TPSA) is 113 Å². The smallest absolute Gasteiger partial charge is 0.251 e. The zero-order valence-corrected chi connectivity index (χ0v) is 17.2. The highest BCUT2D eigenvalue weighted by atomic mass is 16.2. The Bertz CT molecular complexity index is 1140. The molecule has 1 fully saturated rings. The summed E-state index contributed by atoms with van der Waals surface area (Å²) in [6, 6.07) is 15.3. The number of benzene rings is 2. The fraction of sp³-hybridized carbons (Fsp3) is 0.174. The molecule has 1 aliphatic rings. The summed E-state index contributed by atoms with van der Waals surface area (Å²) in [5.41, 5.74) is 2.32. The molecule has 2 N–H and O–H groups in total. The number of carbonyl (C=O) groups excluding carboxylic acids is 4. The van der Waals surface area contributed by atoms with Crippen LogP contribution in [0.5, 0.6) is 0 Å². The molecule has 1 saturated heterocycles. The van der Waals surface area contributed by atoms with E-state index in [-0.39, 0.29) is 49.6 Å². The highest BCUT2D eigenvalue weighted by Gasteiger charge is 2.30. The van der Waals surface area contributed by atoms with Crippen molar-refractivity contribution < 1.29 is 19.2 Å². The van der Waals surface area contributed by atoms with Crippen LogP contribution in [0.1, 0.15) is 28.8 Å². The van der Waals surface area contributed by atoms with E-state index in [9.17, 15) is 19.2 Å². The summed E-state index contributed by atoms with van der Waals surface area (Å²) >= 11 is 0. The molecule has 9 nitrogen and oxygen atoms in total. The molecule has 9 heteroatoms. The van der Waals surface area contributed by atoms with E-state index in [1.54, 1.807) is 60.9 Å². The Balaban J connectivity index is 1.33. The molecule has 162 valence electrons. The van der Waals surface area contributed by atoms with E-state index in [1.165, 1.54) is 4.68 Å². The SMILES string of the molecule is O=C(Cn1cccn1)Nc1cccc(CNC(=O)c2ccc(N3C(=O)CCC3=O)cc2)c1. The minimum atomic E-state index is -0.288. The minimum Gasteiger partial charge on any atom is -0.348 e. The van der Waals surface area contributed by atoms with Gasteiger partial charge in [-0.25, -0.2) is 0 Å². The number of nitrogens with one attached hydrogen (secondary N) is 2. The van der Waals surface area contributed by atoms with Crippen molar-refractivity contribution in [1.29, 1.82) is 0 Å². The summed E-state index contributed by atoms with van der Waals surface area (Å²) in [7, 11) is 0. The Labute approximate surface area is 184 Å². The van der Waals surface area contributed by atoms with Gasteiger partial charge >= 0.3 is 0 Å². The summed E-state index contributed by atoms with van der Waals surface area (Å²) in [5, 5.41) is 9.63. The van der Waals surface area contributed by atoms with Gasteiger partial charge in [0, 0.05) is 43.0 Å². The first kappa shape index (κ1) is 21.0. The van der Waals surface area contributed by atoms with Crippen molar-refractivity contribution in [3.05, 3.63) is 78.1 Å². The van der Waals surface area contributed by atoms with Gasteiger partial charge in [0.1, 0.15) is 6.54 Å². The molecule has 4 amide bonds. The lowest BCUT2D eigenvalue weighted by Gasteiger charge is -2.14. The second-order valence-corrected chi connectivity index (χ2v) is 7.30. The van der Waals surface area contributed by atoms with Crippen LogP contribution in [0.2, 0.25) is 0 Å². The fourth-order valence-corrected chi connectivity index (χ4v) is 3.41. The van der Waals surface area contributed by atoms with E-state index < -0.39 is 0 Å². The maximum atomic E-state index is 12.5. The van der Waals surface area contributed by atoms with Crippen molar-refractivity contribution in [1.82, 2.24) is 15.1 Å². The molecule has 0 unspecified atom stereocenters. The van der Waals surface area contributed by atoms with E-state index in [0.29, 0.717) is 16.9 Å². The predicted molar refractivity (Wildman–Crippen MR) is 117 cm³/mol. The summed E-state index contributed by atoms with van der Waals surface area (Å²) in [6.45, 7) is 0.380. The first-order valence-electron chi connectivity index (χ1n) is 10.1. The second-order valence-electron chi connectivity index (χ2n) is 7.30. The van der Waals surface area contributed by atoms with Gasteiger partial charge in [-0.2, -0.15) is 5.10 Å². The molecule has 2 aromatic carbocycles. The molecular weight excluding hydrogens is 410 g/mol. The Morgan fingerprint density at radius 3 is 2.41 bits per heavy atom. The largest absolute Gasteiger partial charge is 0.348 e. The maximum Gasteiger partial charge on any atom is 0.251 e. The number of hydrogen-bond acceptors (Lipinski definition) is 5. The Kier molecular flexibility index (Phi) is 6.07. The molecule has 4 rings (SSSR count). The quantitative estimate of drug-likeness (QED) is 0.556. The first-order valence-corrected chi connectivity index (χ1v) is 10.1. The second kappa shape index (κ2) is 9.25. The van der Waals surface area contributed by atoms with Crippen LogP contribution in [0.4, 0.5) is 11.4 Å². The lowest BCUT2D eigenvalue weighted by molar-refractivity contribution is -0.121. The monoisotopic (exact) mass is 431 g/mol. The number of carbonyl (C=O) groups is 4. The standard InChI is InChI=1S/C23H21N5O4/c29-20(15-27-12-2-11-25-27)26-18-4-1-3-16(13-18)14-24-23(32)17-5-7-19(8-6-17)28-21(30)9-10-22(28)31/h1-8,11-13H,9-10,14-15H2,(H,24,32)(H,26,29). The van der Waals surface area contributed by atoms with Crippen molar-refractivity contribution in [3.63, 3.8) is 0 Å². The van der Waals surface area contributed by atoms with E-state index in [0.717, 1.165) is 10.5 Å². The molecule has 0 saturated carbocycles. The molecule has 2 heterocycles. The van der Waals surface area contributed by atoms with Crippen LogP contribution in [-0.2, 0) is 27.5 Å². The zero-order chi connectivity index (χ0) is 22.5. The number of nitrogens with zero attached hydrogens (tertiary/aromatic N) is 3. The normalized spacial score (nSPS) is 13.3. The van der Waals surface area contributed by atoms with Crippen molar-refractivity contribution in [2.24, 2.45) is 0 Å². The minimum absolute atomic E-state index is 0.110. The van der Waals surface area contributed by atoms with Crippen LogP contribution < -0.4 is 15.5 Å². The van der Waals surface area contributed by atoms with Gasteiger partial charge in [0.05, 0.1) is 5.69 Å². The molecule has 0 bridgehead atoms.